The van der Waals surface area contributed by atoms with Crippen molar-refractivity contribution in [3.63, 3.8) is 0 Å². The van der Waals surface area contributed by atoms with Gasteiger partial charge < -0.3 is 10.4 Å². The van der Waals surface area contributed by atoms with Crippen molar-refractivity contribution in [2.45, 2.75) is 38.6 Å². The SMILES string of the molecule is CC(C)C(C(=O)O)C(=O)NC1(c2ccc(F)cc2F)CCC1. The van der Waals surface area contributed by atoms with Crippen molar-refractivity contribution >= 4 is 11.9 Å². The van der Waals surface area contributed by atoms with Crippen LogP contribution in [0.15, 0.2) is 18.2 Å². The summed E-state index contributed by atoms with van der Waals surface area (Å²) in [5.41, 5.74) is -0.723. The maximum Gasteiger partial charge on any atom is 0.316 e. The van der Waals surface area contributed by atoms with Crippen molar-refractivity contribution in [2.24, 2.45) is 11.8 Å². The second-order valence-corrected chi connectivity index (χ2v) is 6.11. The van der Waals surface area contributed by atoms with Gasteiger partial charge in [0.1, 0.15) is 17.6 Å². The van der Waals surface area contributed by atoms with Crippen LogP contribution in [0.2, 0.25) is 0 Å². The number of carboxylic acid groups (broad SMARTS) is 1. The first-order valence-corrected chi connectivity index (χ1v) is 7.27. The van der Waals surface area contributed by atoms with Crippen molar-refractivity contribution in [3.05, 3.63) is 35.4 Å². The number of hydrogen-bond donors (Lipinski definition) is 2. The lowest BCUT2D eigenvalue weighted by atomic mass is 9.71. The average Bonchev–Trinajstić information content (AvgIpc) is 2.33. The average molecular weight is 311 g/mol. The van der Waals surface area contributed by atoms with E-state index in [1.54, 1.807) is 13.8 Å². The third-order valence-corrected chi connectivity index (χ3v) is 4.23. The van der Waals surface area contributed by atoms with Gasteiger partial charge in [0.15, 0.2) is 0 Å². The third kappa shape index (κ3) is 2.96. The number of rotatable bonds is 5. The summed E-state index contributed by atoms with van der Waals surface area (Å²) in [4.78, 5) is 23.5. The highest BCUT2D eigenvalue weighted by Gasteiger charge is 2.44. The van der Waals surface area contributed by atoms with Gasteiger partial charge in [-0.3, -0.25) is 9.59 Å². The fraction of sp³-hybridized carbons (Fsp3) is 0.500. The lowest BCUT2D eigenvalue weighted by Gasteiger charge is -2.44. The molecule has 1 aliphatic rings. The summed E-state index contributed by atoms with van der Waals surface area (Å²) in [6.07, 6.45) is 1.80. The van der Waals surface area contributed by atoms with E-state index in [1.165, 1.54) is 6.07 Å². The van der Waals surface area contributed by atoms with Gasteiger partial charge in [0.05, 0.1) is 5.54 Å². The van der Waals surface area contributed by atoms with Gasteiger partial charge in [0.2, 0.25) is 5.91 Å². The number of nitrogens with one attached hydrogen (secondary N) is 1. The Labute approximate surface area is 127 Å². The number of benzene rings is 1. The van der Waals surface area contributed by atoms with Crippen LogP contribution in [0.25, 0.3) is 0 Å². The van der Waals surface area contributed by atoms with Crippen LogP contribution < -0.4 is 5.32 Å². The molecule has 1 fully saturated rings. The van der Waals surface area contributed by atoms with Gasteiger partial charge in [-0.15, -0.1) is 0 Å². The highest BCUT2D eigenvalue weighted by Crippen LogP contribution is 2.42. The fourth-order valence-electron chi connectivity index (χ4n) is 2.88. The van der Waals surface area contributed by atoms with Crippen molar-refractivity contribution in [3.8, 4) is 0 Å². The van der Waals surface area contributed by atoms with Gasteiger partial charge >= 0.3 is 5.97 Å². The monoisotopic (exact) mass is 311 g/mol. The van der Waals surface area contributed by atoms with Crippen LogP contribution in [-0.4, -0.2) is 17.0 Å². The lowest BCUT2D eigenvalue weighted by Crippen LogP contribution is -2.54. The normalized spacial score (nSPS) is 17.7. The summed E-state index contributed by atoms with van der Waals surface area (Å²) >= 11 is 0. The van der Waals surface area contributed by atoms with Crippen molar-refractivity contribution in [1.29, 1.82) is 0 Å². The predicted octanol–water partition coefficient (Wildman–Crippen LogP) is 2.82. The molecule has 2 rings (SSSR count). The first-order chi connectivity index (χ1) is 10.3. The summed E-state index contributed by atoms with van der Waals surface area (Å²) in [6, 6.07) is 3.23. The molecule has 1 aliphatic carbocycles. The standard InChI is InChI=1S/C16H19F2NO3/c1-9(2)13(15(21)22)14(20)19-16(6-3-7-16)11-5-4-10(17)8-12(11)18/h4-5,8-9,13H,3,6-7H2,1-2H3,(H,19,20)(H,21,22). The van der Waals surface area contributed by atoms with Gasteiger partial charge in [0, 0.05) is 11.6 Å². The molecule has 1 aromatic carbocycles. The zero-order chi connectivity index (χ0) is 16.5. The van der Waals surface area contributed by atoms with E-state index < -0.39 is 35.0 Å². The summed E-state index contributed by atoms with van der Waals surface area (Å²) in [7, 11) is 0. The Hall–Kier alpha value is -1.98. The summed E-state index contributed by atoms with van der Waals surface area (Å²) in [5.74, 6) is -4.83. The van der Waals surface area contributed by atoms with Crippen molar-refractivity contribution < 1.29 is 23.5 Å². The van der Waals surface area contributed by atoms with Crippen LogP contribution in [0.4, 0.5) is 8.78 Å². The van der Waals surface area contributed by atoms with Crippen LogP contribution >= 0.6 is 0 Å². The molecule has 1 saturated carbocycles. The largest absolute Gasteiger partial charge is 0.481 e. The van der Waals surface area contributed by atoms with Crippen molar-refractivity contribution in [1.82, 2.24) is 5.32 Å². The fourth-order valence-corrected chi connectivity index (χ4v) is 2.88. The molecule has 0 heterocycles. The molecule has 0 aromatic heterocycles. The Morgan fingerprint density at radius 3 is 2.32 bits per heavy atom. The van der Waals surface area contributed by atoms with Gasteiger partial charge in [0.25, 0.3) is 0 Å². The molecule has 120 valence electrons. The van der Waals surface area contributed by atoms with Gasteiger partial charge in [-0.25, -0.2) is 8.78 Å². The number of carbonyl (C=O) groups excluding carboxylic acids is 1. The highest BCUT2D eigenvalue weighted by atomic mass is 19.1. The Balaban J connectivity index is 2.28. The first-order valence-electron chi connectivity index (χ1n) is 7.27. The Kier molecular flexibility index (Phi) is 4.49. The van der Waals surface area contributed by atoms with Crippen LogP contribution in [-0.2, 0) is 15.1 Å². The molecule has 1 unspecified atom stereocenters. The second-order valence-electron chi connectivity index (χ2n) is 6.11. The molecule has 0 aliphatic heterocycles. The van der Waals surface area contributed by atoms with Gasteiger partial charge in [-0.2, -0.15) is 0 Å². The van der Waals surface area contributed by atoms with Crippen molar-refractivity contribution in [2.75, 3.05) is 0 Å². The molecule has 4 nitrogen and oxygen atoms in total. The number of aliphatic carboxylic acids is 1. The van der Waals surface area contributed by atoms with E-state index in [0.29, 0.717) is 12.8 Å². The first kappa shape index (κ1) is 16.4. The number of carbonyl (C=O) groups is 2. The number of halogens is 2. The van der Waals surface area contributed by atoms with Gasteiger partial charge in [-0.1, -0.05) is 19.9 Å². The van der Waals surface area contributed by atoms with Crippen LogP contribution in [0.5, 0.6) is 0 Å². The van der Waals surface area contributed by atoms with E-state index in [1.807, 2.05) is 0 Å². The van der Waals surface area contributed by atoms with E-state index in [0.717, 1.165) is 18.6 Å². The van der Waals surface area contributed by atoms with Crippen LogP contribution in [0.3, 0.4) is 0 Å². The van der Waals surface area contributed by atoms with E-state index in [-0.39, 0.29) is 11.5 Å². The number of hydrogen-bond acceptors (Lipinski definition) is 2. The molecule has 6 heteroatoms. The molecule has 1 amide bonds. The topological polar surface area (TPSA) is 66.4 Å². The van der Waals surface area contributed by atoms with E-state index in [4.69, 9.17) is 0 Å². The molecule has 1 aromatic rings. The zero-order valence-corrected chi connectivity index (χ0v) is 12.5. The molecule has 0 bridgehead atoms. The van der Waals surface area contributed by atoms with E-state index in [2.05, 4.69) is 5.32 Å². The number of carboxylic acids is 1. The Morgan fingerprint density at radius 1 is 1.27 bits per heavy atom. The summed E-state index contributed by atoms with van der Waals surface area (Å²) in [5, 5.41) is 11.9. The quantitative estimate of drug-likeness (QED) is 0.822. The molecular weight excluding hydrogens is 292 g/mol. The van der Waals surface area contributed by atoms with Gasteiger partial charge in [-0.05, 0) is 31.2 Å². The minimum Gasteiger partial charge on any atom is -0.481 e. The minimum absolute atomic E-state index is 0.210. The third-order valence-electron chi connectivity index (χ3n) is 4.23. The number of amides is 1. The summed E-state index contributed by atoms with van der Waals surface area (Å²) in [6.45, 7) is 3.29. The summed E-state index contributed by atoms with van der Waals surface area (Å²) < 4.78 is 27.1. The molecule has 0 saturated heterocycles. The predicted molar refractivity (Wildman–Crippen MR) is 76.0 cm³/mol. The van der Waals surface area contributed by atoms with Crippen LogP contribution in [0.1, 0.15) is 38.7 Å². The molecule has 0 spiro atoms. The zero-order valence-electron chi connectivity index (χ0n) is 12.5. The molecule has 22 heavy (non-hydrogen) atoms. The maximum atomic E-state index is 14.0. The van der Waals surface area contributed by atoms with Crippen LogP contribution in [0, 0.1) is 23.5 Å². The molecule has 2 N–H and O–H groups in total. The smallest absolute Gasteiger partial charge is 0.316 e. The van der Waals surface area contributed by atoms with E-state index in [9.17, 15) is 23.5 Å². The molecule has 1 atom stereocenters. The molecular formula is C16H19F2NO3. The van der Waals surface area contributed by atoms with E-state index >= 15 is 0 Å². The Bertz CT molecular complexity index is 597. The maximum absolute atomic E-state index is 14.0. The minimum atomic E-state index is -1.21. The molecule has 0 radical (unpaired) electrons. The highest BCUT2D eigenvalue weighted by molar-refractivity contribution is 5.97. The second kappa shape index (κ2) is 6.02. The Morgan fingerprint density at radius 2 is 1.91 bits per heavy atom. The lowest BCUT2D eigenvalue weighted by molar-refractivity contribution is -0.150.